The number of carbonyl (C=O) groups is 1. The van der Waals surface area contributed by atoms with E-state index in [0.29, 0.717) is 6.42 Å². The summed E-state index contributed by atoms with van der Waals surface area (Å²) < 4.78 is 7.02. The van der Waals surface area contributed by atoms with Crippen LogP contribution in [-0.4, -0.2) is 42.0 Å². The summed E-state index contributed by atoms with van der Waals surface area (Å²) in [5.41, 5.74) is 1.77. The lowest BCUT2D eigenvalue weighted by molar-refractivity contribution is -0.115. The first-order chi connectivity index (χ1) is 10.0. The van der Waals surface area contributed by atoms with Crippen LogP contribution < -0.4 is 10.1 Å². The molecule has 0 spiro atoms. The summed E-state index contributed by atoms with van der Waals surface area (Å²) in [5, 5.41) is 12.5. The molecule has 2 N–H and O–H groups in total. The maximum atomic E-state index is 11.6. The van der Waals surface area contributed by atoms with Crippen LogP contribution in [0.4, 0.5) is 5.69 Å². The van der Waals surface area contributed by atoms with Gasteiger partial charge in [-0.2, -0.15) is 0 Å². The molecule has 1 fully saturated rings. The van der Waals surface area contributed by atoms with Gasteiger partial charge in [-0.1, -0.05) is 15.9 Å². The summed E-state index contributed by atoms with van der Waals surface area (Å²) in [6.07, 6.45) is 2.28. The summed E-state index contributed by atoms with van der Waals surface area (Å²) in [6, 6.07) is 3.83. The van der Waals surface area contributed by atoms with Gasteiger partial charge >= 0.3 is 7.05 Å². The molecular formula is C14H18BBrN2O3. The highest BCUT2D eigenvalue weighted by atomic mass is 79.9. The average molecular weight is 353 g/mol. The predicted octanol–water partition coefficient (Wildman–Crippen LogP) is 1.90. The number of hydrogen-bond acceptors (Lipinski definition) is 4. The van der Waals surface area contributed by atoms with Crippen LogP contribution in [0, 0.1) is 0 Å². The topological polar surface area (TPSA) is 61.8 Å². The second-order valence-electron chi connectivity index (χ2n) is 5.61. The van der Waals surface area contributed by atoms with Crippen molar-refractivity contribution in [1.82, 2.24) is 4.81 Å². The molecule has 1 amide bonds. The smallest absolute Gasteiger partial charge is 0.376 e. The van der Waals surface area contributed by atoms with E-state index >= 15 is 0 Å². The Hall–Kier alpha value is -1.05. The van der Waals surface area contributed by atoms with E-state index in [4.69, 9.17) is 4.74 Å². The number of fused-ring (bicyclic) bond motifs is 1. The molecule has 1 aromatic carbocycles. The molecule has 0 saturated carbocycles. The van der Waals surface area contributed by atoms with E-state index in [1.165, 1.54) is 0 Å². The van der Waals surface area contributed by atoms with Gasteiger partial charge in [-0.15, -0.1) is 0 Å². The lowest BCUT2D eigenvalue weighted by Crippen LogP contribution is -2.45. The number of nitrogens with zero attached hydrogens (tertiary/aromatic N) is 1. The average Bonchev–Trinajstić information content (AvgIpc) is 2.85. The first kappa shape index (κ1) is 14.9. The van der Waals surface area contributed by atoms with Crippen LogP contribution in [0.25, 0.3) is 0 Å². The first-order valence-electron chi connectivity index (χ1n) is 7.24. The molecule has 0 atom stereocenters. The fraction of sp³-hybridized carbons (Fsp3) is 0.500. The molecule has 1 saturated heterocycles. The van der Waals surface area contributed by atoms with Crippen LogP contribution in [0.1, 0.15) is 18.4 Å². The van der Waals surface area contributed by atoms with Gasteiger partial charge in [0.2, 0.25) is 5.91 Å². The zero-order chi connectivity index (χ0) is 15.0. The molecule has 1 aromatic rings. The van der Waals surface area contributed by atoms with Crippen molar-refractivity contribution in [1.29, 1.82) is 0 Å². The fourth-order valence-corrected chi connectivity index (χ4v) is 3.37. The van der Waals surface area contributed by atoms with E-state index in [1.807, 2.05) is 16.9 Å². The molecule has 112 valence electrons. The van der Waals surface area contributed by atoms with Gasteiger partial charge < -0.3 is 19.9 Å². The predicted molar refractivity (Wildman–Crippen MR) is 85.5 cm³/mol. The quantitative estimate of drug-likeness (QED) is 0.815. The third kappa shape index (κ3) is 3.10. The van der Waals surface area contributed by atoms with E-state index in [-0.39, 0.29) is 12.0 Å². The molecule has 0 aliphatic carbocycles. The molecule has 5 nitrogen and oxygen atoms in total. The summed E-state index contributed by atoms with van der Waals surface area (Å²) in [7, 11) is -0.401. The van der Waals surface area contributed by atoms with Crippen LogP contribution in [-0.2, 0) is 11.2 Å². The second-order valence-corrected chi connectivity index (χ2v) is 6.46. The number of ether oxygens (including phenoxy) is 1. The van der Waals surface area contributed by atoms with Crippen LogP contribution in [0.2, 0.25) is 6.82 Å². The van der Waals surface area contributed by atoms with Crippen molar-refractivity contribution in [3.63, 3.8) is 0 Å². The molecule has 7 heteroatoms. The maximum Gasteiger partial charge on any atom is 0.376 e. The number of piperidine rings is 1. The highest BCUT2D eigenvalue weighted by Crippen LogP contribution is 2.39. The Bertz CT molecular complexity index is 559. The normalized spacial score (nSPS) is 19.3. The fourth-order valence-electron chi connectivity index (χ4n) is 2.90. The number of carbonyl (C=O) groups excluding carboxylic acids is 1. The molecule has 2 heterocycles. The molecule has 0 radical (unpaired) electrons. The standard InChI is InChI=1S/C14H18BBrN2O3/c1-15(20)18-6-4-9(5-7-18)21-12-3-2-11(16)10-8-13(19)17-14(10)12/h2-3,9,20H,4-8H2,1H3,(H,17,19). The Morgan fingerprint density at radius 3 is 2.81 bits per heavy atom. The van der Waals surface area contributed by atoms with Crippen molar-refractivity contribution in [3.05, 3.63) is 22.2 Å². The number of hydrogen-bond donors (Lipinski definition) is 2. The highest BCUT2D eigenvalue weighted by molar-refractivity contribution is 9.10. The van der Waals surface area contributed by atoms with E-state index in [9.17, 15) is 9.82 Å². The van der Waals surface area contributed by atoms with Gasteiger partial charge in [0, 0.05) is 10.0 Å². The van der Waals surface area contributed by atoms with Crippen LogP contribution >= 0.6 is 15.9 Å². The van der Waals surface area contributed by atoms with Crippen molar-refractivity contribution >= 4 is 34.6 Å². The summed E-state index contributed by atoms with van der Waals surface area (Å²) in [6.45, 7) is 3.44. The number of amides is 1. The Morgan fingerprint density at radius 1 is 1.43 bits per heavy atom. The molecule has 0 aromatic heterocycles. The Balaban J connectivity index is 1.70. The molecule has 2 aliphatic rings. The third-order valence-electron chi connectivity index (χ3n) is 4.12. The second kappa shape index (κ2) is 5.98. The van der Waals surface area contributed by atoms with Gasteiger partial charge in [-0.25, -0.2) is 0 Å². The van der Waals surface area contributed by atoms with E-state index < -0.39 is 7.05 Å². The minimum absolute atomic E-state index is 0.00525. The van der Waals surface area contributed by atoms with E-state index in [0.717, 1.165) is 47.4 Å². The zero-order valence-electron chi connectivity index (χ0n) is 11.9. The Kier molecular flexibility index (Phi) is 4.24. The molecule has 2 aliphatic heterocycles. The van der Waals surface area contributed by atoms with Crippen LogP contribution in [0.5, 0.6) is 5.75 Å². The summed E-state index contributed by atoms with van der Waals surface area (Å²) in [4.78, 5) is 13.6. The zero-order valence-corrected chi connectivity index (χ0v) is 13.5. The molecule has 0 bridgehead atoms. The Labute approximate surface area is 132 Å². The van der Waals surface area contributed by atoms with Gasteiger partial charge in [-0.05, 0) is 44.9 Å². The SMILES string of the molecule is CB(O)N1CCC(Oc2ccc(Br)c3c2NC(=O)C3)CC1. The van der Waals surface area contributed by atoms with Crippen molar-refractivity contribution in [3.8, 4) is 5.75 Å². The van der Waals surface area contributed by atoms with E-state index in [2.05, 4.69) is 21.2 Å². The maximum absolute atomic E-state index is 11.6. The molecule has 0 unspecified atom stereocenters. The molecular weight excluding hydrogens is 335 g/mol. The van der Waals surface area contributed by atoms with Crippen molar-refractivity contribution in [2.75, 3.05) is 18.4 Å². The number of halogens is 1. The van der Waals surface area contributed by atoms with Gasteiger partial charge in [0.05, 0.1) is 12.1 Å². The van der Waals surface area contributed by atoms with Crippen molar-refractivity contribution in [2.24, 2.45) is 0 Å². The Morgan fingerprint density at radius 2 is 2.14 bits per heavy atom. The van der Waals surface area contributed by atoms with Crippen molar-refractivity contribution < 1.29 is 14.6 Å². The summed E-state index contributed by atoms with van der Waals surface area (Å²) >= 11 is 3.48. The number of benzene rings is 1. The van der Waals surface area contributed by atoms with Gasteiger partial charge in [0.25, 0.3) is 0 Å². The number of anilines is 1. The molecule has 21 heavy (non-hydrogen) atoms. The monoisotopic (exact) mass is 352 g/mol. The minimum Gasteiger partial charge on any atom is -0.488 e. The number of rotatable bonds is 3. The van der Waals surface area contributed by atoms with Crippen LogP contribution in [0.15, 0.2) is 16.6 Å². The van der Waals surface area contributed by atoms with Crippen molar-refractivity contribution in [2.45, 2.75) is 32.2 Å². The lowest BCUT2D eigenvalue weighted by atomic mass is 9.82. The first-order valence-corrected chi connectivity index (χ1v) is 8.04. The highest BCUT2D eigenvalue weighted by Gasteiger charge is 2.28. The van der Waals surface area contributed by atoms with Gasteiger partial charge in [0.15, 0.2) is 0 Å². The summed E-state index contributed by atoms with van der Waals surface area (Å²) in [5.74, 6) is 0.750. The van der Waals surface area contributed by atoms with Gasteiger partial charge in [-0.3, -0.25) is 4.79 Å². The largest absolute Gasteiger partial charge is 0.488 e. The van der Waals surface area contributed by atoms with Gasteiger partial charge in [0.1, 0.15) is 11.9 Å². The third-order valence-corrected chi connectivity index (χ3v) is 4.86. The molecule has 3 rings (SSSR count). The van der Waals surface area contributed by atoms with E-state index in [1.54, 1.807) is 6.82 Å². The van der Waals surface area contributed by atoms with Crippen LogP contribution in [0.3, 0.4) is 0 Å². The number of nitrogens with one attached hydrogen (secondary N) is 1. The lowest BCUT2D eigenvalue weighted by Gasteiger charge is -2.33. The minimum atomic E-state index is -0.401.